The van der Waals surface area contributed by atoms with Crippen LogP contribution < -0.4 is 4.90 Å². The van der Waals surface area contributed by atoms with Crippen molar-refractivity contribution in [2.75, 3.05) is 31.1 Å². The largest absolute Gasteiger partial charge is 0.446 e. The van der Waals surface area contributed by atoms with Gasteiger partial charge in [-0.25, -0.2) is 0 Å². The lowest BCUT2D eigenvalue weighted by molar-refractivity contribution is -0.0328. The number of carbonyl (C=O) groups is 1. The standard InChI is InChI=1S/C18H16ClF3N2OS/c19-15-3-1-2-4-16(15)23-9-11-24(12-10-23)17(25)13-5-7-14(8-6-13)26-18(20,21)22/h1-8H,9-12H2. The van der Waals surface area contributed by atoms with Gasteiger partial charge in [-0.15, -0.1) is 0 Å². The van der Waals surface area contributed by atoms with Crippen LogP contribution in [-0.2, 0) is 0 Å². The van der Waals surface area contributed by atoms with Gasteiger partial charge < -0.3 is 9.80 Å². The number of para-hydroxylation sites is 1. The van der Waals surface area contributed by atoms with Gasteiger partial charge in [0.2, 0.25) is 0 Å². The molecule has 0 spiro atoms. The van der Waals surface area contributed by atoms with Crippen LogP contribution in [0.3, 0.4) is 0 Å². The van der Waals surface area contributed by atoms with E-state index in [1.165, 1.54) is 24.3 Å². The molecule has 8 heteroatoms. The molecule has 1 saturated heterocycles. The molecular weight excluding hydrogens is 385 g/mol. The zero-order chi connectivity index (χ0) is 18.7. The van der Waals surface area contributed by atoms with E-state index in [-0.39, 0.29) is 22.6 Å². The Labute approximate surface area is 158 Å². The average Bonchev–Trinajstić information content (AvgIpc) is 2.61. The molecule has 2 aromatic rings. The average molecular weight is 401 g/mol. The van der Waals surface area contributed by atoms with E-state index in [4.69, 9.17) is 11.6 Å². The molecule has 26 heavy (non-hydrogen) atoms. The number of halogens is 4. The Hall–Kier alpha value is -1.86. The Morgan fingerprint density at radius 3 is 2.15 bits per heavy atom. The van der Waals surface area contributed by atoms with Gasteiger partial charge in [0.25, 0.3) is 5.91 Å². The minimum atomic E-state index is -4.33. The quantitative estimate of drug-likeness (QED) is 0.684. The molecule has 0 radical (unpaired) electrons. The van der Waals surface area contributed by atoms with Gasteiger partial charge in [-0.1, -0.05) is 23.7 Å². The second-order valence-electron chi connectivity index (χ2n) is 5.80. The summed E-state index contributed by atoms with van der Waals surface area (Å²) in [6, 6.07) is 13.1. The van der Waals surface area contributed by atoms with E-state index in [0.29, 0.717) is 36.8 Å². The summed E-state index contributed by atoms with van der Waals surface area (Å²) in [5, 5.41) is 0.671. The van der Waals surface area contributed by atoms with Crippen molar-refractivity contribution in [3.05, 3.63) is 59.1 Å². The van der Waals surface area contributed by atoms with Crippen LogP contribution in [0.25, 0.3) is 0 Å². The van der Waals surface area contributed by atoms with Gasteiger partial charge in [-0.3, -0.25) is 4.79 Å². The molecule has 0 saturated carbocycles. The normalized spacial score (nSPS) is 15.2. The molecule has 1 heterocycles. The highest BCUT2D eigenvalue weighted by molar-refractivity contribution is 8.00. The fourth-order valence-corrected chi connectivity index (χ4v) is 3.64. The Morgan fingerprint density at radius 2 is 1.58 bits per heavy atom. The van der Waals surface area contributed by atoms with Crippen molar-refractivity contribution >= 4 is 35.0 Å². The second kappa shape index (κ2) is 7.80. The van der Waals surface area contributed by atoms with Gasteiger partial charge in [-0.2, -0.15) is 13.2 Å². The zero-order valence-electron chi connectivity index (χ0n) is 13.7. The molecule has 138 valence electrons. The number of benzene rings is 2. The molecule has 0 aromatic heterocycles. The maximum absolute atomic E-state index is 12.6. The first kappa shape index (κ1) is 18.9. The molecule has 3 nitrogen and oxygen atoms in total. The van der Waals surface area contributed by atoms with Gasteiger partial charge in [0, 0.05) is 36.6 Å². The highest BCUT2D eigenvalue weighted by Gasteiger charge is 2.29. The summed E-state index contributed by atoms with van der Waals surface area (Å²) in [7, 11) is 0. The van der Waals surface area contributed by atoms with Crippen LogP contribution in [0.1, 0.15) is 10.4 Å². The minimum Gasteiger partial charge on any atom is -0.367 e. The maximum atomic E-state index is 12.6. The van der Waals surface area contributed by atoms with E-state index in [9.17, 15) is 18.0 Å². The Morgan fingerprint density at radius 1 is 0.962 bits per heavy atom. The van der Waals surface area contributed by atoms with Crippen LogP contribution in [-0.4, -0.2) is 42.5 Å². The summed E-state index contributed by atoms with van der Waals surface area (Å²) in [4.78, 5) is 16.5. The molecule has 1 fully saturated rings. The number of anilines is 1. The number of nitrogens with zero attached hydrogens (tertiary/aromatic N) is 2. The lowest BCUT2D eigenvalue weighted by Crippen LogP contribution is -2.48. The van der Waals surface area contributed by atoms with Crippen molar-refractivity contribution < 1.29 is 18.0 Å². The van der Waals surface area contributed by atoms with Gasteiger partial charge in [-0.05, 0) is 48.2 Å². The van der Waals surface area contributed by atoms with Gasteiger partial charge >= 0.3 is 5.51 Å². The van der Waals surface area contributed by atoms with Crippen molar-refractivity contribution in [2.45, 2.75) is 10.4 Å². The highest BCUT2D eigenvalue weighted by atomic mass is 35.5. The van der Waals surface area contributed by atoms with Crippen molar-refractivity contribution in [2.24, 2.45) is 0 Å². The van der Waals surface area contributed by atoms with E-state index in [1.54, 1.807) is 4.90 Å². The summed E-state index contributed by atoms with van der Waals surface area (Å²) >= 11 is 6.02. The molecule has 1 amide bonds. The SMILES string of the molecule is O=C(c1ccc(SC(F)(F)F)cc1)N1CCN(c2ccccc2Cl)CC1. The van der Waals surface area contributed by atoms with Gasteiger partial charge in [0.15, 0.2) is 0 Å². The summed E-state index contributed by atoms with van der Waals surface area (Å²) in [6.07, 6.45) is 0. The third kappa shape index (κ3) is 4.65. The fourth-order valence-electron chi connectivity index (χ4n) is 2.84. The van der Waals surface area contributed by atoms with E-state index >= 15 is 0 Å². The molecule has 1 aliphatic rings. The van der Waals surface area contributed by atoms with Crippen LogP contribution in [0, 0.1) is 0 Å². The smallest absolute Gasteiger partial charge is 0.367 e. The predicted octanol–water partition coefficient (Wildman–Crippen LogP) is 4.91. The summed E-state index contributed by atoms with van der Waals surface area (Å²) in [5.41, 5.74) is -3.00. The third-order valence-corrected chi connectivity index (χ3v) is 5.15. The van der Waals surface area contributed by atoms with Crippen molar-refractivity contribution in [1.82, 2.24) is 4.90 Å². The fraction of sp³-hybridized carbons (Fsp3) is 0.278. The first-order valence-electron chi connectivity index (χ1n) is 7.98. The van der Waals surface area contributed by atoms with Gasteiger partial charge in [0.05, 0.1) is 10.7 Å². The Balaban J connectivity index is 1.61. The number of carbonyl (C=O) groups excluding carboxylic acids is 1. The number of alkyl halides is 3. The second-order valence-corrected chi connectivity index (χ2v) is 7.35. The number of hydrogen-bond acceptors (Lipinski definition) is 3. The summed E-state index contributed by atoms with van der Waals surface area (Å²) in [6.45, 7) is 2.36. The Kier molecular flexibility index (Phi) is 5.67. The Bertz CT molecular complexity index is 775. The molecule has 2 aromatic carbocycles. The summed E-state index contributed by atoms with van der Waals surface area (Å²) < 4.78 is 37.1. The topological polar surface area (TPSA) is 23.6 Å². The minimum absolute atomic E-state index is 0.0672. The van der Waals surface area contributed by atoms with E-state index in [2.05, 4.69) is 4.90 Å². The highest BCUT2D eigenvalue weighted by Crippen LogP contribution is 2.36. The van der Waals surface area contributed by atoms with E-state index in [1.807, 2.05) is 24.3 Å². The van der Waals surface area contributed by atoms with Crippen molar-refractivity contribution in [3.63, 3.8) is 0 Å². The summed E-state index contributed by atoms with van der Waals surface area (Å²) in [5.74, 6) is -0.174. The number of amides is 1. The third-order valence-electron chi connectivity index (χ3n) is 4.09. The molecular formula is C18H16ClF3N2OS. The predicted molar refractivity (Wildman–Crippen MR) is 97.9 cm³/mol. The monoisotopic (exact) mass is 400 g/mol. The number of piperazine rings is 1. The van der Waals surface area contributed by atoms with Gasteiger partial charge in [0.1, 0.15) is 0 Å². The van der Waals surface area contributed by atoms with Crippen LogP contribution in [0.5, 0.6) is 0 Å². The molecule has 0 N–H and O–H groups in total. The molecule has 0 atom stereocenters. The molecule has 0 aliphatic carbocycles. The zero-order valence-corrected chi connectivity index (χ0v) is 15.2. The van der Waals surface area contributed by atoms with Crippen LogP contribution in [0.4, 0.5) is 18.9 Å². The van der Waals surface area contributed by atoms with Crippen LogP contribution in [0.2, 0.25) is 5.02 Å². The lowest BCUT2D eigenvalue weighted by atomic mass is 10.1. The van der Waals surface area contributed by atoms with Crippen molar-refractivity contribution in [1.29, 1.82) is 0 Å². The van der Waals surface area contributed by atoms with Crippen LogP contribution in [0.15, 0.2) is 53.4 Å². The lowest BCUT2D eigenvalue weighted by Gasteiger charge is -2.36. The van der Waals surface area contributed by atoms with E-state index < -0.39 is 5.51 Å². The van der Waals surface area contributed by atoms with E-state index in [0.717, 1.165) is 5.69 Å². The first-order valence-corrected chi connectivity index (χ1v) is 9.17. The maximum Gasteiger partial charge on any atom is 0.446 e. The first-order chi connectivity index (χ1) is 12.3. The van der Waals surface area contributed by atoms with Crippen molar-refractivity contribution in [3.8, 4) is 0 Å². The number of hydrogen-bond donors (Lipinski definition) is 0. The van der Waals surface area contributed by atoms with Crippen LogP contribution >= 0.6 is 23.4 Å². The number of thioether (sulfide) groups is 1. The molecule has 0 bridgehead atoms. The molecule has 0 unspecified atom stereocenters. The molecule has 3 rings (SSSR count). The number of rotatable bonds is 3. The molecule has 1 aliphatic heterocycles.